The zero-order valence-electron chi connectivity index (χ0n) is 54.2. The van der Waals surface area contributed by atoms with E-state index in [1.165, 1.54) is 135 Å². The van der Waals surface area contributed by atoms with Crippen LogP contribution in [-0.4, -0.2) is 37.2 Å². The van der Waals surface area contributed by atoms with E-state index < -0.39 is 6.10 Å². The molecule has 0 spiro atoms. The summed E-state index contributed by atoms with van der Waals surface area (Å²) in [5.41, 5.74) is 0. The van der Waals surface area contributed by atoms with Gasteiger partial charge >= 0.3 is 17.9 Å². The minimum Gasteiger partial charge on any atom is -0.462 e. The Labute approximate surface area is 513 Å². The van der Waals surface area contributed by atoms with Crippen molar-refractivity contribution >= 4 is 17.9 Å². The lowest BCUT2D eigenvalue weighted by molar-refractivity contribution is -0.167. The Kier molecular flexibility index (Phi) is 66.3. The number of carbonyl (C=O) groups is 3. The van der Waals surface area contributed by atoms with Crippen LogP contribution < -0.4 is 0 Å². The molecule has 0 aliphatic carbocycles. The molecule has 0 heterocycles. The van der Waals surface area contributed by atoms with Gasteiger partial charge in [0.25, 0.3) is 0 Å². The van der Waals surface area contributed by atoms with E-state index in [9.17, 15) is 14.4 Å². The third-order valence-electron chi connectivity index (χ3n) is 14.6. The van der Waals surface area contributed by atoms with Crippen LogP contribution in [0.5, 0.6) is 0 Å². The van der Waals surface area contributed by atoms with Gasteiger partial charge in [-0.1, -0.05) is 296 Å². The minimum atomic E-state index is -0.796. The molecule has 0 aliphatic rings. The van der Waals surface area contributed by atoms with E-state index in [4.69, 9.17) is 14.2 Å². The molecule has 0 saturated carbocycles. The molecule has 83 heavy (non-hydrogen) atoms. The predicted molar refractivity (Wildman–Crippen MR) is 362 cm³/mol. The molecule has 6 heteroatoms. The van der Waals surface area contributed by atoms with Crippen LogP contribution in [0.25, 0.3) is 0 Å². The van der Waals surface area contributed by atoms with Crippen LogP contribution >= 0.6 is 0 Å². The van der Waals surface area contributed by atoms with E-state index in [0.29, 0.717) is 19.3 Å². The first kappa shape index (κ1) is 78.5. The lowest BCUT2D eigenvalue weighted by atomic mass is 10.1. The van der Waals surface area contributed by atoms with Crippen molar-refractivity contribution in [1.82, 2.24) is 0 Å². The van der Waals surface area contributed by atoms with E-state index in [1.54, 1.807) is 0 Å². The summed E-state index contributed by atoms with van der Waals surface area (Å²) >= 11 is 0. The van der Waals surface area contributed by atoms with Crippen molar-refractivity contribution in [1.29, 1.82) is 0 Å². The van der Waals surface area contributed by atoms with Crippen molar-refractivity contribution in [2.75, 3.05) is 13.2 Å². The van der Waals surface area contributed by atoms with E-state index in [2.05, 4.69) is 154 Å². The fourth-order valence-electron chi connectivity index (χ4n) is 9.49. The second-order valence-corrected chi connectivity index (χ2v) is 22.7. The molecule has 472 valence electrons. The molecule has 0 aliphatic heterocycles. The SMILES string of the molecule is CC/C=C\C/C=C\C/C=C\C/C=C\C/C=C\CCCCCCCCCCCC(=O)OCC(COC(=O)CCCCCCCCC/C=C\C/C=C\C/C=C\CC)OC(=O)CCCCCCCCCC/C=C\C/C=C\C/C=C\CCCCCCC. The summed E-state index contributed by atoms with van der Waals surface area (Å²) in [5, 5.41) is 0. The third-order valence-corrected chi connectivity index (χ3v) is 14.6. The molecule has 0 aromatic rings. The lowest BCUT2D eigenvalue weighted by Gasteiger charge is -2.18. The van der Waals surface area contributed by atoms with Gasteiger partial charge in [-0.15, -0.1) is 0 Å². The second-order valence-electron chi connectivity index (χ2n) is 22.7. The molecule has 6 nitrogen and oxygen atoms in total. The summed E-state index contributed by atoms with van der Waals surface area (Å²) in [6.45, 7) is 6.41. The van der Waals surface area contributed by atoms with Crippen molar-refractivity contribution in [3.8, 4) is 0 Å². The Balaban J connectivity index is 4.42. The maximum atomic E-state index is 13.0. The number of carbonyl (C=O) groups excluding carboxylic acids is 3. The monoisotopic (exact) mass is 1150 g/mol. The standard InChI is InChI=1S/C77H128O6/c1-4-7-10-13-16-19-22-25-28-31-33-35-37-38-40-41-43-46-49-52-55-58-61-64-67-70-76(79)82-73-74(72-81-75(78)69-66-63-60-57-54-51-48-45-30-27-24-21-18-15-12-9-6-3)83-77(80)71-68-65-62-59-56-53-50-47-44-42-39-36-34-32-29-26-23-20-17-14-11-8-5-2/h7,9-10,12,16,18-19,21,23,25-28,30,32-35,38-40,42,74H,4-6,8,11,13-15,17,20,22,24,29,31,36-37,41,43-73H2,1-3H3/b10-7-,12-9-,19-16-,21-18-,26-23-,28-25-,30-27-,34-32-,35-33-,40-38-,42-39-. The molecule has 0 rings (SSSR count). The van der Waals surface area contributed by atoms with Gasteiger partial charge in [0.15, 0.2) is 6.10 Å². The highest BCUT2D eigenvalue weighted by molar-refractivity contribution is 5.71. The first-order valence-electron chi connectivity index (χ1n) is 34.7. The summed E-state index contributed by atoms with van der Waals surface area (Å²) in [6.07, 6.45) is 98.9. The Morgan fingerprint density at radius 2 is 0.470 bits per heavy atom. The number of hydrogen-bond acceptors (Lipinski definition) is 6. The number of ether oxygens (including phenoxy) is 3. The van der Waals surface area contributed by atoms with Gasteiger partial charge in [-0.3, -0.25) is 14.4 Å². The van der Waals surface area contributed by atoms with Crippen molar-refractivity contribution < 1.29 is 28.6 Å². The molecule has 0 aromatic carbocycles. The summed E-state index contributed by atoms with van der Waals surface area (Å²) < 4.78 is 17.0. The minimum absolute atomic E-state index is 0.0905. The van der Waals surface area contributed by atoms with Crippen LogP contribution in [0.2, 0.25) is 0 Å². The molecular weight excluding hydrogens is 1020 g/mol. The van der Waals surface area contributed by atoms with Gasteiger partial charge in [-0.25, -0.2) is 0 Å². The Hall–Kier alpha value is -4.45. The van der Waals surface area contributed by atoms with Crippen LogP contribution in [0.3, 0.4) is 0 Å². The number of unbranched alkanes of at least 4 members (excludes halogenated alkanes) is 29. The van der Waals surface area contributed by atoms with Gasteiger partial charge in [0.2, 0.25) is 0 Å². The smallest absolute Gasteiger partial charge is 0.306 e. The first-order valence-corrected chi connectivity index (χ1v) is 34.7. The molecule has 0 radical (unpaired) electrons. The number of hydrogen-bond donors (Lipinski definition) is 0. The molecule has 0 aromatic heterocycles. The van der Waals surface area contributed by atoms with Gasteiger partial charge in [0.05, 0.1) is 0 Å². The fraction of sp³-hybridized carbons (Fsp3) is 0.675. The highest BCUT2D eigenvalue weighted by atomic mass is 16.6. The average Bonchev–Trinajstić information content (AvgIpc) is 3.49. The van der Waals surface area contributed by atoms with Crippen molar-refractivity contribution in [2.24, 2.45) is 0 Å². The summed E-state index contributed by atoms with van der Waals surface area (Å²) in [5.74, 6) is -0.905. The molecule has 0 bridgehead atoms. The first-order chi connectivity index (χ1) is 41.0. The van der Waals surface area contributed by atoms with E-state index >= 15 is 0 Å². The number of allylic oxidation sites excluding steroid dienone is 22. The zero-order valence-corrected chi connectivity index (χ0v) is 54.2. The van der Waals surface area contributed by atoms with Gasteiger partial charge in [0.1, 0.15) is 13.2 Å². The van der Waals surface area contributed by atoms with Crippen LogP contribution in [-0.2, 0) is 28.6 Å². The van der Waals surface area contributed by atoms with Crippen molar-refractivity contribution in [3.05, 3.63) is 134 Å². The molecule has 0 saturated heterocycles. The number of esters is 3. The van der Waals surface area contributed by atoms with Crippen molar-refractivity contribution in [2.45, 2.75) is 322 Å². The summed E-state index contributed by atoms with van der Waals surface area (Å²) in [4.78, 5) is 38.5. The van der Waals surface area contributed by atoms with Gasteiger partial charge in [-0.2, -0.15) is 0 Å². The van der Waals surface area contributed by atoms with Crippen LogP contribution in [0.4, 0.5) is 0 Å². The van der Waals surface area contributed by atoms with E-state index in [-0.39, 0.29) is 31.1 Å². The molecule has 0 N–H and O–H groups in total. The Bertz CT molecular complexity index is 1750. The maximum Gasteiger partial charge on any atom is 0.306 e. The lowest BCUT2D eigenvalue weighted by Crippen LogP contribution is -2.30. The zero-order chi connectivity index (χ0) is 59.9. The predicted octanol–water partition coefficient (Wildman–Crippen LogP) is 24.1. The summed E-state index contributed by atoms with van der Waals surface area (Å²) in [7, 11) is 0. The average molecular weight is 1150 g/mol. The van der Waals surface area contributed by atoms with E-state index in [1.807, 2.05) is 0 Å². The second kappa shape index (κ2) is 70.0. The maximum absolute atomic E-state index is 13.0. The third kappa shape index (κ3) is 68.2. The quantitative estimate of drug-likeness (QED) is 0.0261. The fourth-order valence-corrected chi connectivity index (χ4v) is 9.49. The van der Waals surface area contributed by atoms with E-state index in [0.717, 1.165) is 141 Å². The van der Waals surface area contributed by atoms with Crippen LogP contribution in [0.1, 0.15) is 316 Å². The Morgan fingerprint density at radius 3 is 0.735 bits per heavy atom. The highest BCUT2D eigenvalue weighted by Crippen LogP contribution is 2.16. The van der Waals surface area contributed by atoms with Crippen LogP contribution in [0.15, 0.2) is 134 Å². The normalized spacial score (nSPS) is 13.0. The number of rotatable bonds is 62. The Morgan fingerprint density at radius 1 is 0.253 bits per heavy atom. The molecular formula is C77H128O6. The molecule has 1 atom stereocenters. The van der Waals surface area contributed by atoms with Crippen molar-refractivity contribution in [3.63, 3.8) is 0 Å². The molecule has 0 amide bonds. The van der Waals surface area contributed by atoms with Gasteiger partial charge in [0, 0.05) is 19.3 Å². The molecule has 1 unspecified atom stereocenters. The highest BCUT2D eigenvalue weighted by Gasteiger charge is 2.19. The van der Waals surface area contributed by atoms with Crippen LogP contribution in [0, 0.1) is 0 Å². The van der Waals surface area contributed by atoms with Gasteiger partial charge < -0.3 is 14.2 Å². The molecule has 0 fully saturated rings. The topological polar surface area (TPSA) is 78.9 Å². The summed E-state index contributed by atoms with van der Waals surface area (Å²) in [6, 6.07) is 0. The largest absolute Gasteiger partial charge is 0.462 e. The van der Waals surface area contributed by atoms with Gasteiger partial charge in [-0.05, 0) is 135 Å².